The van der Waals surface area contributed by atoms with Gasteiger partial charge >= 0.3 is 0 Å². The van der Waals surface area contributed by atoms with Gasteiger partial charge in [0.1, 0.15) is 12.4 Å². The Labute approximate surface area is 114 Å². The van der Waals surface area contributed by atoms with E-state index >= 15 is 0 Å². The molecule has 0 saturated heterocycles. The van der Waals surface area contributed by atoms with Crippen molar-refractivity contribution in [2.24, 2.45) is 5.73 Å². The van der Waals surface area contributed by atoms with Crippen LogP contribution < -0.4 is 10.5 Å². The lowest BCUT2D eigenvalue weighted by atomic mass is 10.1. The van der Waals surface area contributed by atoms with E-state index in [9.17, 15) is 0 Å². The van der Waals surface area contributed by atoms with Gasteiger partial charge in [-0.2, -0.15) is 0 Å². The SMILES string of the molecule is Cc1ccc(OCc2ccccc2C#CCN)cc1. The van der Waals surface area contributed by atoms with Gasteiger partial charge in [0.15, 0.2) is 0 Å². The van der Waals surface area contributed by atoms with E-state index in [0.717, 1.165) is 16.9 Å². The van der Waals surface area contributed by atoms with Crippen LogP contribution in [-0.2, 0) is 6.61 Å². The predicted molar refractivity (Wildman–Crippen MR) is 77.9 cm³/mol. The van der Waals surface area contributed by atoms with E-state index in [1.165, 1.54) is 5.56 Å². The summed E-state index contributed by atoms with van der Waals surface area (Å²) in [7, 11) is 0. The van der Waals surface area contributed by atoms with Crippen molar-refractivity contribution in [3.05, 3.63) is 65.2 Å². The molecule has 0 bridgehead atoms. The van der Waals surface area contributed by atoms with Crippen LogP contribution in [0.2, 0.25) is 0 Å². The Bertz CT molecular complexity index is 591. The molecule has 0 heterocycles. The third kappa shape index (κ3) is 3.87. The lowest BCUT2D eigenvalue weighted by molar-refractivity contribution is 0.306. The summed E-state index contributed by atoms with van der Waals surface area (Å²) in [5.74, 6) is 6.80. The first-order valence-electron chi connectivity index (χ1n) is 6.26. The smallest absolute Gasteiger partial charge is 0.119 e. The predicted octanol–water partition coefficient (Wildman–Crippen LogP) is 2.88. The second kappa shape index (κ2) is 6.63. The van der Waals surface area contributed by atoms with Crippen LogP contribution in [0.4, 0.5) is 0 Å². The van der Waals surface area contributed by atoms with E-state index < -0.39 is 0 Å². The Morgan fingerprint density at radius 2 is 1.79 bits per heavy atom. The van der Waals surface area contributed by atoms with E-state index in [0.29, 0.717) is 13.2 Å². The van der Waals surface area contributed by atoms with Crippen LogP contribution >= 0.6 is 0 Å². The Balaban J connectivity index is 2.09. The third-order valence-corrected chi connectivity index (χ3v) is 2.76. The monoisotopic (exact) mass is 251 g/mol. The molecule has 0 radical (unpaired) electrons. The summed E-state index contributed by atoms with van der Waals surface area (Å²) in [5, 5.41) is 0. The first-order chi connectivity index (χ1) is 9.29. The van der Waals surface area contributed by atoms with Crippen molar-refractivity contribution in [2.45, 2.75) is 13.5 Å². The maximum atomic E-state index is 5.77. The van der Waals surface area contributed by atoms with Crippen LogP contribution in [0.3, 0.4) is 0 Å². The number of hydrogen-bond acceptors (Lipinski definition) is 2. The summed E-state index contributed by atoms with van der Waals surface area (Å²) in [4.78, 5) is 0. The molecule has 0 aliphatic heterocycles. The molecule has 0 amide bonds. The highest BCUT2D eigenvalue weighted by Crippen LogP contribution is 2.15. The molecule has 2 N–H and O–H groups in total. The van der Waals surface area contributed by atoms with Gasteiger partial charge in [-0.05, 0) is 25.1 Å². The molecule has 2 aromatic carbocycles. The second-order valence-electron chi connectivity index (χ2n) is 4.26. The lowest BCUT2D eigenvalue weighted by Gasteiger charge is -2.08. The summed E-state index contributed by atoms with van der Waals surface area (Å²) in [5.41, 5.74) is 8.67. The molecule has 0 atom stereocenters. The fraction of sp³-hybridized carbons (Fsp3) is 0.176. The summed E-state index contributed by atoms with van der Waals surface area (Å²) < 4.78 is 5.77. The molecule has 19 heavy (non-hydrogen) atoms. The fourth-order valence-electron chi connectivity index (χ4n) is 1.71. The molecule has 0 aliphatic rings. The van der Waals surface area contributed by atoms with E-state index in [1.807, 2.05) is 48.5 Å². The largest absolute Gasteiger partial charge is 0.489 e. The van der Waals surface area contributed by atoms with E-state index in [-0.39, 0.29) is 0 Å². The van der Waals surface area contributed by atoms with Crippen LogP contribution in [-0.4, -0.2) is 6.54 Å². The number of hydrogen-bond donors (Lipinski definition) is 1. The Morgan fingerprint density at radius 1 is 1.05 bits per heavy atom. The average Bonchev–Trinajstić information content (AvgIpc) is 2.45. The van der Waals surface area contributed by atoms with Crippen LogP contribution in [0.1, 0.15) is 16.7 Å². The van der Waals surface area contributed by atoms with Crippen LogP contribution in [0.15, 0.2) is 48.5 Å². The van der Waals surface area contributed by atoms with Crippen LogP contribution in [0.25, 0.3) is 0 Å². The van der Waals surface area contributed by atoms with Crippen molar-refractivity contribution in [3.63, 3.8) is 0 Å². The number of rotatable bonds is 3. The zero-order chi connectivity index (χ0) is 13.5. The van der Waals surface area contributed by atoms with Crippen molar-refractivity contribution < 1.29 is 4.74 Å². The molecule has 2 rings (SSSR count). The molecule has 0 aliphatic carbocycles. The zero-order valence-corrected chi connectivity index (χ0v) is 11.0. The topological polar surface area (TPSA) is 35.2 Å². The van der Waals surface area contributed by atoms with Crippen molar-refractivity contribution >= 4 is 0 Å². The Morgan fingerprint density at radius 3 is 2.53 bits per heavy atom. The normalized spacial score (nSPS) is 9.58. The minimum absolute atomic E-state index is 0.368. The maximum absolute atomic E-state index is 5.77. The Kier molecular flexibility index (Phi) is 4.60. The van der Waals surface area contributed by atoms with Gasteiger partial charge in [-0.25, -0.2) is 0 Å². The highest BCUT2D eigenvalue weighted by molar-refractivity contribution is 5.41. The summed E-state index contributed by atoms with van der Waals surface area (Å²) in [6.07, 6.45) is 0. The van der Waals surface area contributed by atoms with Crippen LogP contribution in [0, 0.1) is 18.8 Å². The highest BCUT2D eigenvalue weighted by atomic mass is 16.5. The minimum atomic E-state index is 0.368. The minimum Gasteiger partial charge on any atom is -0.489 e. The molecule has 0 unspecified atom stereocenters. The highest BCUT2D eigenvalue weighted by Gasteiger charge is 2.00. The zero-order valence-electron chi connectivity index (χ0n) is 11.0. The lowest BCUT2D eigenvalue weighted by Crippen LogP contribution is -1.99. The molecule has 2 aromatic rings. The van der Waals surface area contributed by atoms with Crippen molar-refractivity contribution in [3.8, 4) is 17.6 Å². The summed E-state index contributed by atoms with van der Waals surface area (Å²) in [6.45, 7) is 2.94. The number of nitrogens with two attached hydrogens (primary N) is 1. The third-order valence-electron chi connectivity index (χ3n) is 2.76. The first-order valence-corrected chi connectivity index (χ1v) is 6.26. The first kappa shape index (κ1) is 13.2. The number of benzene rings is 2. The molecule has 2 nitrogen and oxygen atoms in total. The number of ether oxygens (including phenoxy) is 1. The molecule has 2 heteroatoms. The van der Waals surface area contributed by atoms with Gasteiger partial charge in [-0.1, -0.05) is 47.7 Å². The molecule has 0 fully saturated rings. The molecule has 0 spiro atoms. The van der Waals surface area contributed by atoms with Crippen molar-refractivity contribution in [1.82, 2.24) is 0 Å². The van der Waals surface area contributed by atoms with Gasteiger partial charge in [-0.3, -0.25) is 0 Å². The van der Waals surface area contributed by atoms with Crippen LogP contribution in [0.5, 0.6) is 5.75 Å². The van der Waals surface area contributed by atoms with Gasteiger partial charge in [0.05, 0.1) is 6.54 Å². The van der Waals surface area contributed by atoms with Gasteiger partial charge in [0.2, 0.25) is 0 Å². The standard InChI is InChI=1S/C17H17NO/c1-14-8-10-17(11-9-14)19-13-16-6-3-2-5-15(16)7-4-12-18/h2-3,5-6,8-11H,12-13,18H2,1H3. The average molecular weight is 251 g/mol. The Hall–Kier alpha value is -2.24. The molecule has 0 aromatic heterocycles. The molecule has 96 valence electrons. The van der Waals surface area contributed by atoms with Gasteiger partial charge < -0.3 is 10.5 Å². The summed E-state index contributed by atoms with van der Waals surface area (Å²) in [6, 6.07) is 16.0. The fourth-order valence-corrected chi connectivity index (χ4v) is 1.71. The van der Waals surface area contributed by atoms with Crippen molar-refractivity contribution in [1.29, 1.82) is 0 Å². The summed E-state index contributed by atoms with van der Waals surface area (Å²) >= 11 is 0. The quantitative estimate of drug-likeness (QED) is 0.851. The molecular formula is C17H17NO. The van der Waals surface area contributed by atoms with E-state index in [2.05, 4.69) is 18.8 Å². The molecular weight excluding hydrogens is 234 g/mol. The maximum Gasteiger partial charge on any atom is 0.119 e. The second-order valence-corrected chi connectivity index (χ2v) is 4.26. The van der Waals surface area contributed by atoms with Crippen molar-refractivity contribution in [2.75, 3.05) is 6.54 Å². The van der Waals surface area contributed by atoms with E-state index in [4.69, 9.17) is 10.5 Å². The van der Waals surface area contributed by atoms with Gasteiger partial charge in [-0.15, -0.1) is 0 Å². The molecule has 0 saturated carbocycles. The van der Waals surface area contributed by atoms with E-state index in [1.54, 1.807) is 0 Å². The van der Waals surface area contributed by atoms with Gasteiger partial charge in [0.25, 0.3) is 0 Å². The van der Waals surface area contributed by atoms with Gasteiger partial charge in [0, 0.05) is 11.1 Å². The number of aryl methyl sites for hydroxylation is 1.